The van der Waals surface area contributed by atoms with Gasteiger partial charge in [0.05, 0.1) is 5.41 Å². The van der Waals surface area contributed by atoms with E-state index in [1.165, 1.54) is 0 Å². The van der Waals surface area contributed by atoms with Crippen LogP contribution >= 0.6 is 0 Å². The molecule has 1 aliphatic heterocycles. The molecule has 2 rings (SSSR count). The first-order chi connectivity index (χ1) is 7.12. The highest BCUT2D eigenvalue weighted by atomic mass is 16.5. The highest BCUT2D eigenvalue weighted by Crippen LogP contribution is 2.32. The molecule has 1 aliphatic rings. The number of carboxylic acids is 1. The van der Waals surface area contributed by atoms with E-state index in [1.807, 2.05) is 6.92 Å². The Morgan fingerprint density at radius 1 is 1.47 bits per heavy atom. The fraction of sp³-hybridized carbons (Fsp3) is 0.667. The van der Waals surface area contributed by atoms with Crippen LogP contribution in [0.3, 0.4) is 0 Å². The van der Waals surface area contributed by atoms with Gasteiger partial charge < -0.3 is 14.4 Å². The van der Waals surface area contributed by atoms with Crippen molar-refractivity contribution < 1.29 is 19.2 Å². The monoisotopic (exact) mass is 212 g/mol. The second-order valence-corrected chi connectivity index (χ2v) is 3.90. The molecule has 0 unspecified atom stereocenters. The van der Waals surface area contributed by atoms with Crippen LogP contribution in [0.2, 0.25) is 0 Å². The average molecular weight is 212 g/mol. The summed E-state index contributed by atoms with van der Waals surface area (Å²) in [6.45, 7) is 3.26. The van der Waals surface area contributed by atoms with Crippen LogP contribution in [0.4, 0.5) is 0 Å². The van der Waals surface area contributed by atoms with Gasteiger partial charge in [0.2, 0.25) is 5.89 Å². The molecule has 15 heavy (non-hydrogen) atoms. The number of aromatic nitrogens is 2. The van der Waals surface area contributed by atoms with Gasteiger partial charge in [0.25, 0.3) is 5.82 Å². The van der Waals surface area contributed by atoms with E-state index in [2.05, 4.69) is 10.1 Å². The van der Waals surface area contributed by atoms with Gasteiger partial charge in [0, 0.05) is 13.2 Å². The summed E-state index contributed by atoms with van der Waals surface area (Å²) >= 11 is 0. The Hall–Kier alpha value is -1.43. The van der Waals surface area contributed by atoms with Gasteiger partial charge in [-0.05, 0) is 18.0 Å². The van der Waals surface area contributed by atoms with Crippen molar-refractivity contribution >= 4 is 5.97 Å². The van der Waals surface area contributed by atoms with Gasteiger partial charge in [-0.1, -0.05) is 6.92 Å². The van der Waals surface area contributed by atoms with Crippen molar-refractivity contribution in [1.29, 1.82) is 0 Å². The molecular weight excluding hydrogens is 200 g/mol. The lowest BCUT2D eigenvalue weighted by atomic mass is 9.82. The number of hydrogen-bond donors (Lipinski definition) is 1. The molecule has 1 aromatic rings. The first-order valence-corrected chi connectivity index (χ1v) is 4.77. The van der Waals surface area contributed by atoms with Crippen LogP contribution in [0.25, 0.3) is 0 Å². The van der Waals surface area contributed by atoms with Crippen LogP contribution in [-0.4, -0.2) is 34.4 Å². The SMILES string of the molecule is CC1(c2nc(C(=O)O)no2)CCOCC1. The standard InChI is InChI=1S/C9H12N2O4/c1-9(2-4-14-5-3-9)8-10-6(7(12)13)11-15-8/h2-5H2,1H3,(H,12,13). The zero-order valence-electron chi connectivity index (χ0n) is 8.39. The molecule has 0 aromatic carbocycles. The minimum Gasteiger partial charge on any atom is -0.475 e. The van der Waals surface area contributed by atoms with Crippen LogP contribution in [-0.2, 0) is 10.2 Å². The van der Waals surface area contributed by atoms with Crippen molar-refractivity contribution in [3.8, 4) is 0 Å². The molecule has 0 radical (unpaired) electrons. The Labute approximate surface area is 86.2 Å². The van der Waals surface area contributed by atoms with Crippen molar-refractivity contribution in [2.24, 2.45) is 0 Å². The van der Waals surface area contributed by atoms with Crippen molar-refractivity contribution in [2.45, 2.75) is 25.2 Å². The lowest BCUT2D eigenvalue weighted by Gasteiger charge is -2.29. The van der Waals surface area contributed by atoms with E-state index in [0.717, 1.165) is 12.8 Å². The zero-order valence-corrected chi connectivity index (χ0v) is 8.39. The number of ether oxygens (including phenoxy) is 1. The molecule has 0 aliphatic carbocycles. The van der Waals surface area contributed by atoms with Gasteiger partial charge in [-0.15, -0.1) is 0 Å². The second-order valence-electron chi connectivity index (χ2n) is 3.90. The van der Waals surface area contributed by atoms with Gasteiger partial charge in [-0.3, -0.25) is 0 Å². The molecule has 2 heterocycles. The summed E-state index contributed by atoms with van der Waals surface area (Å²) in [4.78, 5) is 14.5. The van der Waals surface area contributed by atoms with Gasteiger partial charge >= 0.3 is 5.97 Å². The third kappa shape index (κ3) is 1.85. The largest absolute Gasteiger partial charge is 0.475 e. The summed E-state index contributed by atoms with van der Waals surface area (Å²) in [5, 5.41) is 12.1. The highest BCUT2D eigenvalue weighted by molar-refractivity contribution is 5.82. The summed E-state index contributed by atoms with van der Waals surface area (Å²) in [5.74, 6) is -1.05. The quantitative estimate of drug-likeness (QED) is 0.781. The number of carbonyl (C=O) groups is 1. The maximum absolute atomic E-state index is 10.6. The van der Waals surface area contributed by atoms with E-state index in [-0.39, 0.29) is 11.2 Å². The topological polar surface area (TPSA) is 85.5 Å². The molecule has 6 heteroatoms. The van der Waals surface area contributed by atoms with Crippen molar-refractivity contribution in [2.75, 3.05) is 13.2 Å². The van der Waals surface area contributed by atoms with Crippen LogP contribution in [0.15, 0.2) is 4.52 Å². The minimum absolute atomic E-state index is 0.251. The van der Waals surface area contributed by atoms with Gasteiger partial charge in [-0.25, -0.2) is 4.79 Å². The molecule has 6 nitrogen and oxygen atoms in total. The molecule has 1 N–H and O–H groups in total. The van der Waals surface area contributed by atoms with Crippen LogP contribution in [0.5, 0.6) is 0 Å². The Bertz CT molecular complexity index is 368. The molecule has 0 amide bonds. The normalized spacial score (nSPS) is 20.1. The molecular formula is C9H12N2O4. The summed E-state index contributed by atoms with van der Waals surface area (Å²) in [7, 11) is 0. The third-order valence-electron chi connectivity index (χ3n) is 2.73. The van der Waals surface area contributed by atoms with Crippen LogP contribution in [0.1, 0.15) is 36.3 Å². The van der Waals surface area contributed by atoms with Crippen LogP contribution in [0, 0.1) is 0 Å². The molecule has 0 atom stereocenters. The van der Waals surface area contributed by atoms with Crippen molar-refractivity contribution in [3.05, 3.63) is 11.7 Å². The van der Waals surface area contributed by atoms with E-state index in [0.29, 0.717) is 19.1 Å². The maximum atomic E-state index is 10.6. The Morgan fingerprint density at radius 2 is 2.13 bits per heavy atom. The molecule has 1 saturated heterocycles. The highest BCUT2D eigenvalue weighted by Gasteiger charge is 2.35. The molecule has 1 aromatic heterocycles. The fourth-order valence-corrected chi connectivity index (χ4v) is 1.59. The van der Waals surface area contributed by atoms with E-state index in [4.69, 9.17) is 14.4 Å². The number of rotatable bonds is 2. The van der Waals surface area contributed by atoms with Crippen molar-refractivity contribution in [3.63, 3.8) is 0 Å². The summed E-state index contributed by atoms with van der Waals surface area (Å²) in [6.07, 6.45) is 1.54. The lowest BCUT2D eigenvalue weighted by Crippen LogP contribution is -2.31. The Morgan fingerprint density at radius 3 is 2.67 bits per heavy atom. The van der Waals surface area contributed by atoms with Gasteiger partial charge in [-0.2, -0.15) is 4.98 Å². The predicted molar refractivity (Wildman–Crippen MR) is 48.7 cm³/mol. The van der Waals surface area contributed by atoms with Crippen LogP contribution < -0.4 is 0 Å². The second kappa shape index (κ2) is 3.62. The summed E-state index contributed by atoms with van der Waals surface area (Å²) < 4.78 is 10.2. The van der Waals surface area contributed by atoms with E-state index >= 15 is 0 Å². The molecule has 0 bridgehead atoms. The first-order valence-electron chi connectivity index (χ1n) is 4.77. The molecule has 82 valence electrons. The Kier molecular flexibility index (Phi) is 2.44. The lowest BCUT2D eigenvalue weighted by molar-refractivity contribution is 0.0447. The molecule has 0 saturated carbocycles. The molecule has 0 spiro atoms. The van der Waals surface area contributed by atoms with E-state index in [9.17, 15) is 4.79 Å². The smallest absolute Gasteiger partial charge is 0.377 e. The number of hydrogen-bond acceptors (Lipinski definition) is 5. The maximum Gasteiger partial charge on any atom is 0.377 e. The third-order valence-corrected chi connectivity index (χ3v) is 2.73. The Balaban J connectivity index is 2.23. The van der Waals surface area contributed by atoms with E-state index < -0.39 is 5.97 Å². The average Bonchev–Trinajstić information content (AvgIpc) is 2.68. The predicted octanol–water partition coefficient (Wildman–Crippen LogP) is 0.836. The minimum atomic E-state index is -1.17. The molecule has 1 fully saturated rings. The number of nitrogens with zero attached hydrogens (tertiary/aromatic N) is 2. The fourth-order valence-electron chi connectivity index (χ4n) is 1.59. The summed E-state index contributed by atoms with van der Waals surface area (Å²) in [5.41, 5.74) is -0.251. The number of aromatic carboxylic acids is 1. The zero-order chi connectivity index (χ0) is 10.9. The summed E-state index contributed by atoms with van der Waals surface area (Å²) in [6, 6.07) is 0. The van der Waals surface area contributed by atoms with E-state index in [1.54, 1.807) is 0 Å². The van der Waals surface area contributed by atoms with Crippen molar-refractivity contribution in [1.82, 2.24) is 10.1 Å². The van der Waals surface area contributed by atoms with Gasteiger partial charge in [0.15, 0.2) is 0 Å². The number of carboxylic acid groups (broad SMARTS) is 1. The first kappa shape index (κ1) is 10.1. The van der Waals surface area contributed by atoms with Gasteiger partial charge in [0.1, 0.15) is 0 Å².